The third-order valence-corrected chi connectivity index (χ3v) is 4.12. The quantitative estimate of drug-likeness (QED) is 0.707. The van der Waals surface area contributed by atoms with E-state index in [-0.39, 0.29) is 0 Å². The van der Waals surface area contributed by atoms with Gasteiger partial charge in [0.25, 0.3) is 0 Å². The number of hydrogen-bond acceptors (Lipinski definition) is 5. The van der Waals surface area contributed by atoms with Crippen molar-refractivity contribution in [2.24, 2.45) is 0 Å². The Kier molecular flexibility index (Phi) is 3.93. The molecule has 1 N–H and O–H groups in total. The van der Waals surface area contributed by atoms with E-state index in [4.69, 9.17) is 4.74 Å². The highest BCUT2D eigenvalue weighted by Gasteiger charge is 2.34. The summed E-state index contributed by atoms with van der Waals surface area (Å²) in [6.45, 7) is 9.86. The minimum Gasteiger partial charge on any atom is -0.379 e. The lowest BCUT2D eigenvalue weighted by Crippen LogP contribution is -2.59. The van der Waals surface area contributed by atoms with Gasteiger partial charge in [-0.1, -0.05) is 0 Å². The summed E-state index contributed by atoms with van der Waals surface area (Å²) < 4.78 is 5.46. The fourth-order valence-corrected chi connectivity index (χ4v) is 3.22. The van der Waals surface area contributed by atoms with Gasteiger partial charge in [0.05, 0.1) is 19.4 Å². The number of hydrogen-bond donors (Lipinski definition) is 1. The number of piperazine rings is 1. The first-order valence-corrected chi connectivity index (χ1v) is 6.99. The van der Waals surface area contributed by atoms with Crippen molar-refractivity contribution < 1.29 is 4.74 Å². The van der Waals surface area contributed by atoms with E-state index in [2.05, 4.69) is 20.2 Å². The molecule has 98 valence electrons. The number of ether oxygens (including phenoxy) is 1. The Hall–Kier alpha value is -0.200. The zero-order valence-corrected chi connectivity index (χ0v) is 10.6. The molecule has 17 heavy (non-hydrogen) atoms. The first-order valence-electron chi connectivity index (χ1n) is 6.99. The van der Waals surface area contributed by atoms with Crippen LogP contribution in [0.5, 0.6) is 0 Å². The van der Waals surface area contributed by atoms with Crippen molar-refractivity contribution in [3.8, 4) is 0 Å². The van der Waals surface area contributed by atoms with E-state index in [1.165, 1.54) is 32.5 Å². The van der Waals surface area contributed by atoms with E-state index in [9.17, 15) is 0 Å². The van der Waals surface area contributed by atoms with Gasteiger partial charge in [-0.15, -0.1) is 0 Å². The van der Waals surface area contributed by atoms with Gasteiger partial charge in [-0.25, -0.2) is 10.0 Å². The number of morpholine rings is 1. The van der Waals surface area contributed by atoms with Gasteiger partial charge in [0, 0.05) is 45.8 Å². The lowest BCUT2D eigenvalue weighted by atomic mass is 10.3. The van der Waals surface area contributed by atoms with E-state index in [0.29, 0.717) is 6.17 Å². The molecule has 3 aliphatic heterocycles. The van der Waals surface area contributed by atoms with Crippen LogP contribution in [-0.4, -0.2) is 80.1 Å². The van der Waals surface area contributed by atoms with Gasteiger partial charge in [-0.05, 0) is 12.8 Å². The molecule has 0 saturated carbocycles. The van der Waals surface area contributed by atoms with Crippen LogP contribution in [0.3, 0.4) is 0 Å². The summed E-state index contributed by atoms with van der Waals surface area (Å²) >= 11 is 0. The molecule has 1 unspecified atom stereocenters. The average Bonchev–Trinajstić information content (AvgIpc) is 2.90. The molecule has 3 saturated heterocycles. The Morgan fingerprint density at radius 2 is 1.71 bits per heavy atom. The van der Waals surface area contributed by atoms with E-state index in [0.717, 1.165) is 39.4 Å². The van der Waals surface area contributed by atoms with Crippen molar-refractivity contribution in [1.82, 2.24) is 20.2 Å². The second-order valence-electron chi connectivity index (χ2n) is 5.14. The van der Waals surface area contributed by atoms with E-state index in [1.807, 2.05) is 0 Å². The lowest BCUT2D eigenvalue weighted by Gasteiger charge is -2.43. The number of nitrogens with zero attached hydrogens (tertiary/aromatic N) is 3. The van der Waals surface area contributed by atoms with Crippen LogP contribution in [0.4, 0.5) is 0 Å². The molecule has 0 aromatic carbocycles. The van der Waals surface area contributed by atoms with Crippen molar-refractivity contribution in [2.45, 2.75) is 19.0 Å². The monoisotopic (exact) mass is 240 g/mol. The van der Waals surface area contributed by atoms with Crippen LogP contribution in [0.2, 0.25) is 0 Å². The van der Waals surface area contributed by atoms with Crippen molar-refractivity contribution in [1.29, 1.82) is 0 Å². The van der Waals surface area contributed by atoms with Crippen LogP contribution in [0.15, 0.2) is 0 Å². The summed E-state index contributed by atoms with van der Waals surface area (Å²) in [4.78, 5) is 2.61. The average molecular weight is 240 g/mol. The molecular weight excluding hydrogens is 216 g/mol. The van der Waals surface area contributed by atoms with Crippen molar-refractivity contribution in [3.05, 3.63) is 0 Å². The zero-order chi connectivity index (χ0) is 11.5. The maximum atomic E-state index is 5.46. The molecule has 3 fully saturated rings. The van der Waals surface area contributed by atoms with Crippen LogP contribution in [0.25, 0.3) is 0 Å². The van der Waals surface area contributed by atoms with E-state index >= 15 is 0 Å². The molecule has 0 aromatic rings. The van der Waals surface area contributed by atoms with Gasteiger partial charge in [0.1, 0.15) is 0 Å². The fourth-order valence-electron chi connectivity index (χ4n) is 3.22. The zero-order valence-electron chi connectivity index (χ0n) is 10.6. The Bertz CT molecular complexity index is 215. The first kappa shape index (κ1) is 11.9. The van der Waals surface area contributed by atoms with Crippen LogP contribution in [0, 0.1) is 0 Å². The molecule has 0 radical (unpaired) electrons. The summed E-state index contributed by atoms with van der Waals surface area (Å²) in [6.07, 6.45) is 3.30. The van der Waals surface area contributed by atoms with Gasteiger partial charge >= 0.3 is 0 Å². The molecule has 0 aliphatic carbocycles. The minimum atomic E-state index is 0.636. The molecule has 5 heteroatoms. The summed E-state index contributed by atoms with van der Waals surface area (Å²) in [5.41, 5.74) is 0. The van der Waals surface area contributed by atoms with Crippen LogP contribution in [-0.2, 0) is 4.74 Å². The fraction of sp³-hybridized carbons (Fsp3) is 1.00. The summed E-state index contributed by atoms with van der Waals surface area (Å²) in [5, 5.41) is 8.61. The van der Waals surface area contributed by atoms with Crippen molar-refractivity contribution >= 4 is 0 Å². The highest BCUT2D eigenvalue weighted by molar-refractivity contribution is 4.81. The molecule has 1 atom stereocenters. The lowest BCUT2D eigenvalue weighted by molar-refractivity contribution is -0.113. The van der Waals surface area contributed by atoms with Gasteiger partial charge in [0.15, 0.2) is 0 Å². The highest BCUT2D eigenvalue weighted by atomic mass is 16.5. The predicted molar refractivity (Wildman–Crippen MR) is 66.6 cm³/mol. The molecule has 0 amide bonds. The molecule has 0 aromatic heterocycles. The molecule has 0 spiro atoms. The predicted octanol–water partition coefficient (Wildman–Crippen LogP) is -0.439. The summed E-state index contributed by atoms with van der Waals surface area (Å²) in [5.74, 6) is 0. The third-order valence-electron chi connectivity index (χ3n) is 4.12. The van der Waals surface area contributed by atoms with Crippen LogP contribution in [0.1, 0.15) is 12.8 Å². The molecule has 0 bridgehead atoms. The second-order valence-corrected chi connectivity index (χ2v) is 5.14. The van der Waals surface area contributed by atoms with Crippen molar-refractivity contribution in [3.63, 3.8) is 0 Å². The SMILES string of the molecule is C1CC(N2CCOCC2)N(N2CCNCC2)C1. The standard InChI is InChI=1S/C12H24N4O/c1-2-12(14-8-10-17-11-9-14)16(5-1)15-6-3-13-4-7-15/h12-13H,1-11H2. The Labute approximate surface area is 104 Å². The van der Waals surface area contributed by atoms with Gasteiger partial charge < -0.3 is 10.1 Å². The van der Waals surface area contributed by atoms with Gasteiger partial charge in [0.2, 0.25) is 0 Å². The summed E-state index contributed by atoms with van der Waals surface area (Å²) in [6, 6.07) is 0. The third kappa shape index (κ3) is 2.63. The Morgan fingerprint density at radius 3 is 2.47 bits per heavy atom. The largest absolute Gasteiger partial charge is 0.379 e. The highest BCUT2D eigenvalue weighted by Crippen LogP contribution is 2.23. The topological polar surface area (TPSA) is 31.0 Å². The molecule has 3 rings (SSSR count). The molecule has 3 aliphatic rings. The molecular formula is C12H24N4O. The number of rotatable bonds is 2. The second kappa shape index (κ2) is 5.63. The molecule has 5 nitrogen and oxygen atoms in total. The summed E-state index contributed by atoms with van der Waals surface area (Å²) in [7, 11) is 0. The first-order chi connectivity index (χ1) is 8.45. The van der Waals surface area contributed by atoms with Crippen molar-refractivity contribution in [2.75, 3.05) is 59.0 Å². The number of nitrogens with one attached hydrogen (secondary N) is 1. The van der Waals surface area contributed by atoms with Gasteiger partial charge in [-0.2, -0.15) is 0 Å². The van der Waals surface area contributed by atoms with Crippen LogP contribution >= 0.6 is 0 Å². The molecule has 3 heterocycles. The minimum absolute atomic E-state index is 0.636. The Morgan fingerprint density at radius 1 is 0.941 bits per heavy atom. The Balaban J connectivity index is 1.61. The maximum absolute atomic E-state index is 5.46. The normalized spacial score (nSPS) is 34.2. The van der Waals surface area contributed by atoms with Gasteiger partial charge in [-0.3, -0.25) is 4.90 Å². The maximum Gasteiger partial charge on any atom is 0.0762 e. The smallest absolute Gasteiger partial charge is 0.0762 e. The van der Waals surface area contributed by atoms with E-state index in [1.54, 1.807) is 0 Å². The number of hydrazine groups is 1. The van der Waals surface area contributed by atoms with Crippen LogP contribution < -0.4 is 5.32 Å². The van der Waals surface area contributed by atoms with E-state index < -0.39 is 0 Å².